The number of carbonyl (C=O) groups excluding carboxylic acids is 1. The van der Waals surface area contributed by atoms with Crippen LogP contribution in [0, 0.1) is 0 Å². The van der Waals surface area contributed by atoms with Gasteiger partial charge in [0.15, 0.2) is 0 Å². The second kappa shape index (κ2) is 7.64. The monoisotopic (exact) mass is 332 g/mol. The Bertz CT molecular complexity index is 543. The van der Waals surface area contributed by atoms with Crippen LogP contribution in [0.2, 0.25) is 0 Å². The molecule has 2 atom stereocenters. The van der Waals surface area contributed by atoms with Gasteiger partial charge in [0, 0.05) is 25.7 Å². The molecule has 5 nitrogen and oxygen atoms in total. The summed E-state index contributed by atoms with van der Waals surface area (Å²) in [7, 11) is 0. The first-order chi connectivity index (χ1) is 11.5. The smallest absolute Gasteiger partial charge is 0.251 e. The van der Waals surface area contributed by atoms with Crippen molar-refractivity contribution in [3.8, 4) is 0 Å². The molecule has 1 aliphatic carbocycles. The fourth-order valence-corrected chi connectivity index (χ4v) is 3.18. The molecule has 2 unspecified atom stereocenters. The second-order valence-corrected chi connectivity index (χ2v) is 7.19. The maximum absolute atomic E-state index is 12.3. The number of ether oxygens (including phenoxy) is 1. The second-order valence-electron chi connectivity index (χ2n) is 7.19. The lowest BCUT2D eigenvalue weighted by Gasteiger charge is -2.33. The molecule has 3 rings (SSSR count). The molecular weight excluding hydrogens is 304 g/mol. The fraction of sp³-hybridized carbons (Fsp3) is 0.632. The van der Waals surface area contributed by atoms with E-state index >= 15 is 0 Å². The van der Waals surface area contributed by atoms with Crippen molar-refractivity contribution >= 4 is 5.91 Å². The van der Waals surface area contributed by atoms with Gasteiger partial charge in [-0.2, -0.15) is 0 Å². The van der Waals surface area contributed by atoms with Crippen LogP contribution in [0.25, 0.3) is 0 Å². The Hall–Kier alpha value is -1.43. The van der Waals surface area contributed by atoms with Gasteiger partial charge < -0.3 is 15.2 Å². The van der Waals surface area contributed by atoms with Crippen LogP contribution >= 0.6 is 0 Å². The van der Waals surface area contributed by atoms with E-state index in [1.807, 2.05) is 30.3 Å². The average molecular weight is 332 g/mol. The number of nitrogens with zero attached hydrogens (tertiary/aromatic N) is 1. The van der Waals surface area contributed by atoms with Crippen LogP contribution in [-0.4, -0.2) is 59.9 Å². The molecule has 2 fully saturated rings. The van der Waals surface area contributed by atoms with Crippen LogP contribution in [0.5, 0.6) is 0 Å². The number of amides is 1. The Morgan fingerprint density at radius 1 is 1.38 bits per heavy atom. The molecule has 132 valence electrons. The Labute approximate surface area is 144 Å². The first-order valence-electron chi connectivity index (χ1n) is 8.95. The minimum atomic E-state index is -1.36. The summed E-state index contributed by atoms with van der Waals surface area (Å²) >= 11 is 0. The number of hydrogen-bond donors (Lipinski definition) is 2. The summed E-state index contributed by atoms with van der Waals surface area (Å²) in [4.78, 5) is 14.8. The molecule has 1 heterocycles. The minimum absolute atomic E-state index is 0.0215. The van der Waals surface area contributed by atoms with Gasteiger partial charge in [-0.25, -0.2) is 0 Å². The molecule has 2 aliphatic rings. The third-order valence-corrected chi connectivity index (χ3v) is 4.96. The Balaban J connectivity index is 1.42. The van der Waals surface area contributed by atoms with Gasteiger partial charge in [0.25, 0.3) is 5.91 Å². The van der Waals surface area contributed by atoms with Crippen molar-refractivity contribution < 1.29 is 14.6 Å². The molecule has 1 aromatic carbocycles. The molecule has 5 heteroatoms. The van der Waals surface area contributed by atoms with Gasteiger partial charge in [0.05, 0.1) is 12.7 Å². The first kappa shape index (κ1) is 17.4. The van der Waals surface area contributed by atoms with Gasteiger partial charge in [-0.15, -0.1) is 0 Å². The van der Waals surface area contributed by atoms with Gasteiger partial charge in [-0.1, -0.05) is 30.3 Å². The zero-order valence-electron chi connectivity index (χ0n) is 14.4. The summed E-state index contributed by atoms with van der Waals surface area (Å²) in [5, 5.41) is 13.3. The number of nitrogens with one attached hydrogen (secondary N) is 1. The quantitative estimate of drug-likeness (QED) is 0.791. The van der Waals surface area contributed by atoms with E-state index in [4.69, 9.17) is 4.74 Å². The zero-order chi connectivity index (χ0) is 17.0. The molecule has 0 spiro atoms. The SMILES string of the molecule is CC(O)(CCc1ccccc1)C(=O)NCC1CN(C2CC2)CCO1. The van der Waals surface area contributed by atoms with E-state index in [9.17, 15) is 9.90 Å². The van der Waals surface area contributed by atoms with Crippen molar-refractivity contribution in [3.63, 3.8) is 0 Å². The van der Waals surface area contributed by atoms with Crippen molar-refractivity contribution in [3.05, 3.63) is 35.9 Å². The molecule has 1 aliphatic heterocycles. The highest BCUT2D eigenvalue weighted by molar-refractivity contribution is 5.84. The van der Waals surface area contributed by atoms with E-state index in [1.54, 1.807) is 6.92 Å². The van der Waals surface area contributed by atoms with Crippen LogP contribution in [0.3, 0.4) is 0 Å². The number of rotatable bonds is 7. The lowest BCUT2D eigenvalue weighted by molar-refractivity contribution is -0.139. The predicted molar refractivity (Wildman–Crippen MR) is 92.7 cm³/mol. The van der Waals surface area contributed by atoms with E-state index in [2.05, 4.69) is 10.2 Å². The molecule has 1 saturated carbocycles. The summed E-state index contributed by atoms with van der Waals surface area (Å²) in [6.45, 7) is 4.63. The maximum atomic E-state index is 12.3. The summed E-state index contributed by atoms with van der Waals surface area (Å²) < 4.78 is 5.74. The molecule has 0 bridgehead atoms. The predicted octanol–water partition coefficient (Wildman–Crippen LogP) is 1.35. The van der Waals surface area contributed by atoms with Crippen LogP contribution in [0.15, 0.2) is 30.3 Å². The van der Waals surface area contributed by atoms with Crippen LogP contribution in [0.1, 0.15) is 31.7 Å². The highest BCUT2D eigenvalue weighted by atomic mass is 16.5. The summed E-state index contributed by atoms with van der Waals surface area (Å²) in [6.07, 6.45) is 3.67. The first-order valence-corrected chi connectivity index (χ1v) is 8.95. The summed E-state index contributed by atoms with van der Waals surface area (Å²) in [5.74, 6) is -0.314. The highest BCUT2D eigenvalue weighted by Crippen LogP contribution is 2.28. The standard InChI is InChI=1S/C19H28N2O3/c1-19(23,10-9-15-5-3-2-4-6-15)18(22)20-13-17-14-21(11-12-24-17)16-7-8-16/h2-6,16-17,23H,7-14H2,1H3,(H,20,22). The van der Waals surface area contributed by atoms with Crippen molar-refractivity contribution in [2.75, 3.05) is 26.2 Å². The van der Waals surface area contributed by atoms with Gasteiger partial charge in [-0.05, 0) is 38.2 Å². The Kier molecular flexibility index (Phi) is 5.54. The van der Waals surface area contributed by atoms with Crippen LogP contribution in [-0.2, 0) is 16.0 Å². The number of morpholine rings is 1. The molecule has 1 aromatic rings. The van der Waals surface area contributed by atoms with Crippen molar-refractivity contribution in [2.24, 2.45) is 0 Å². The lowest BCUT2D eigenvalue weighted by Crippen LogP contribution is -2.51. The van der Waals surface area contributed by atoms with Crippen LogP contribution in [0.4, 0.5) is 0 Å². The molecule has 1 saturated heterocycles. The van der Waals surface area contributed by atoms with E-state index in [0.29, 0.717) is 19.4 Å². The van der Waals surface area contributed by atoms with Crippen LogP contribution < -0.4 is 5.32 Å². The average Bonchev–Trinajstić information content (AvgIpc) is 3.44. The van der Waals surface area contributed by atoms with Gasteiger partial charge in [0.2, 0.25) is 0 Å². The lowest BCUT2D eigenvalue weighted by atomic mass is 9.96. The van der Waals surface area contributed by atoms with Gasteiger partial charge >= 0.3 is 0 Å². The molecule has 0 aromatic heterocycles. The van der Waals surface area contributed by atoms with E-state index in [-0.39, 0.29) is 12.0 Å². The molecule has 2 N–H and O–H groups in total. The van der Waals surface area contributed by atoms with E-state index in [0.717, 1.165) is 31.3 Å². The maximum Gasteiger partial charge on any atom is 0.251 e. The molecular formula is C19H28N2O3. The Morgan fingerprint density at radius 2 is 2.12 bits per heavy atom. The number of aryl methyl sites for hydroxylation is 1. The zero-order valence-corrected chi connectivity index (χ0v) is 14.4. The third-order valence-electron chi connectivity index (χ3n) is 4.96. The topological polar surface area (TPSA) is 61.8 Å². The molecule has 0 radical (unpaired) electrons. The van der Waals surface area contributed by atoms with Crippen molar-refractivity contribution in [1.29, 1.82) is 0 Å². The van der Waals surface area contributed by atoms with Gasteiger partial charge in [-0.3, -0.25) is 9.69 Å². The number of hydrogen-bond acceptors (Lipinski definition) is 4. The number of benzene rings is 1. The molecule has 1 amide bonds. The van der Waals surface area contributed by atoms with Crippen molar-refractivity contribution in [1.82, 2.24) is 10.2 Å². The van der Waals surface area contributed by atoms with E-state index in [1.165, 1.54) is 12.8 Å². The third kappa shape index (κ3) is 4.79. The molecule has 24 heavy (non-hydrogen) atoms. The van der Waals surface area contributed by atoms with Crippen molar-refractivity contribution in [2.45, 2.75) is 50.4 Å². The number of carbonyl (C=O) groups is 1. The summed E-state index contributed by atoms with van der Waals surface area (Å²) in [6, 6.07) is 10.6. The minimum Gasteiger partial charge on any atom is -0.380 e. The fourth-order valence-electron chi connectivity index (χ4n) is 3.18. The highest BCUT2D eigenvalue weighted by Gasteiger charge is 2.34. The largest absolute Gasteiger partial charge is 0.380 e. The summed E-state index contributed by atoms with van der Waals surface area (Å²) in [5.41, 5.74) is -0.234. The van der Waals surface area contributed by atoms with Gasteiger partial charge in [0.1, 0.15) is 5.60 Å². The number of aliphatic hydroxyl groups is 1. The van der Waals surface area contributed by atoms with E-state index < -0.39 is 5.60 Å². The normalized spacial score (nSPS) is 24.3. The Morgan fingerprint density at radius 3 is 2.83 bits per heavy atom.